The number of fused-ring (bicyclic) bond motifs is 1. The van der Waals surface area contributed by atoms with Gasteiger partial charge in [0.15, 0.2) is 4.96 Å². The minimum atomic E-state index is -0.146. The molecule has 0 saturated carbocycles. The summed E-state index contributed by atoms with van der Waals surface area (Å²) >= 11 is 1.64. The molecule has 3 aromatic rings. The van der Waals surface area contributed by atoms with E-state index in [1.54, 1.807) is 23.6 Å². The number of rotatable bonds is 4. The summed E-state index contributed by atoms with van der Waals surface area (Å²) in [6.45, 7) is 4.41. The van der Waals surface area contributed by atoms with E-state index in [0.717, 1.165) is 22.0 Å². The van der Waals surface area contributed by atoms with Crippen molar-refractivity contribution in [3.8, 4) is 0 Å². The van der Waals surface area contributed by atoms with E-state index in [9.17, 15) is 4.79 Å². The van der Waals surface area contributed by atoms with Gasteiger partial charge in [0.1, 0.15) is 0 Å². The summed E-state index contributed by atoms with van der Waals surface area (Å²) in [5.41, 5.74) is 2.69. The molecule has 6 heteroatoms. The first-order chi connectivity index (χ1) is 10.6. The molecular weight excluding hydrogens is 296 g/mol. The number of nitrogens with zero attached hydrogens (tertiary/aromatic N) is 3. The van der Waals surface area contributed by atoms with Crippen LogP contribution in [-0.4, -0.2) is 20.3 Å². The largest absolute Gasteiger partial charge is 0.347 e. The van der Waals surface area contributed by atoms with Gasteiger partial charge in [-0.1, -0.05) is 6.07 Å². The molecule has 0 aliphatic carbocycles. The number of carbonyl (C=O) groups excluding carboxylic acids is 1. The highest BCUT2D eigenvalue weighted by molar-refractivity contribution is 7.17. The SMILES string of the molecule is Cc1cn2c(/C=C\C(=O)NCc3ccccn3)c(C)nc2s1. The number of amides is 1. The van der Waals surface area contributed by atoms with Gasteiger partial charge in [0.25, 0.3) is 0 Å². The molecule has 112 valence electrons. The first kappa shape index (κ1) is 14.5. The van der Waals surface area contributed by atoms with E-state index >= 15 is 0 Å². The monoisotopic (exact) mass is 312 g/mol. The fraction of sp³-hybridized carbons (Fsp3) is 0.188. The number of carbonyl (C=O) groups is 1. The van der Waals surface area contributed by atoms with Crippen LogP contribution < -0.4 is 5.32 Å². The first-order valence-electron chi connectivity index (χ1n) is 6.94. The second-order valence-electron chi connectivity index (χ2n) is 4.95. The number of hydrogen-bond donors (Lipinski definition) is 1. The Bertz CT molecular complexity index is 833. The van der Waals surface area contributed by atoms with Crippen LogP contribution >= 0.6 is 11.3 Å². The van der Waals surface area contributed by atoms with Crippen LogP contribution in [0.5, 0.6) is 0 Å². The maximum Gasteiger partial charge on any atom is 0.244 e. The minimum absolute atomic E-state index is 0.146. The van der Waals surface area contributed by atoms with Crippen LogP contribution in [0.4, 0.5) is 0 Å². The third-order valence-electron chi connectivity index (χ3n) is 3.23. The number of nitrogens with one attached hydrogen (secondary N) is 1. The van der Waals surface area contributed by atoms with Crippen LogP contribution in [0.15, 0.2) is 36.7 Å². The fourth-order valence-corrected chi connectivity index (χ4v) is 3.05. The zero-order chi connectivity index (χ0) is 15.5. The lowest BCUT2D eigenvalue weighted by Crippen LogP contribution is -2.20. The van der Waals surface area contributed by atoms with Crippen LogP contribution in [0, 0.1) is 13.8 Å². The molecule has 0 aromatic carbocycles. The third kappa shape index (κ3) is 3.07. The number of aryl methyl sites for hydroxylation is 2. The van der Waals surface area contributed by atoms with E-state index in [-0.39, 0.29) is 5.91 Å². The van der Waals surface area contributed by atoms with E-state index in [0.29, 0.717) is 6.54 Å². The van der Waals surface area contributed by atoms with Gasteiger partial charge >= 0.3 is 0 Å². The molecule has 0 atom stereocenters. The van der Waals surface area contributed by atoms with Crippen LogP contribution in [-0.2, 0) is 11.3 Å². The van der Waals surface area contributed by atoms with Crippen molar-refractivity contribution in [2.45, 2.75) is 20.4 Å². The van der Waals surface area contributed by atoms with Gasteiger partial charge in [0.05, 0.1) is 23.6 Å². The van der Waals surface area contributed by atoms with Crippen molar-refractivity contribution in [2.75, 3.05) is 0 Å². The lowest BCUT2D eigenvalue weighted by Gasteiger charge is -2.01. The molecule has 0 aliphatic rings. The Morgan fingerprint density at radius 3 is 3.05 bits per heavy atom. The van der Waals surface area contributed by atoms with Crippen molar-refractivity contribution < 1.29 is 4.79 Å². The van der Waals surface area contributed by atoms with Gasteiger partial charge in [0.2, 0.25) is 5.91 Å². The summed E-state index contributed by atoms with van der Waals surface area (Å²) in [7, 11) is 0. The topological polar surface area (TPSA) is 59.3 Å². The Kier molecular flexibility index (Phi) is 4.02. The smallest absolute Gasteiger partial charge is 0.244 e. The van der Waals surface area contributed by atoms with E-state index in [1.165, 1.54) is 11.0 Å². The molecular formula is C16H16N4OS. The summed E-state index contributed by atoms with van der Waals surface area (Å²) in [5.74, 6) is -0.146. The molecule has 5 nitrogen and oxygen atoms in total. The number of imidazole rings is 1. The summed E-state index contributed by atoms with van der Waals surface area (Å²) < 4.78 is 2.01. The quantitative estimate of drug-likeness (QED) is 0.754. The van der Waals surface area contributed by atoms with Crippen LogP contribution in [0.1, 0.15) is 22.0 Å². The van der Waals surface area contributed by atoms with Gasteiger partial charge in [-0.3, -0.25) is 14.2 Å². The Labute approximate surface area is 132 Å². The van der Waals surface area contributed by atoms with Crippen LogP contribution in [0.25, 0.3) is 11.0 Å². The number of thiazole rings is 1. The minimum Gasteiger partial charge on any atom is -0.347 e. The predicted octanol–water partition coefficient (Wildman–Crippen LogP) is 2.74. The lowest BCUT2D eigenvalue weighted by molar-refractivity contribution is -0.116. The summed E-state index contributed by atoms with van der Waals surface area (Å²) in [5, 5.41) is 2.82. The van der Waals surface area contributed by atoms with Gasteiger partial charge in [-0.15, -0.1) is 11.3 Å². The lowest BCUT2D eigenvalue weighted by atomic mass is 10.3. The molecule has 0 radical (unpaired) electrons. The van der Waals surface area contributed by atoms with Gasteiger partial charge in [-0.2, -0.15) is 0 Å². The van der Waals surface area contributed by atoms with Crippen molar-refractivity contribution in [1.82, 2.24) is 19.7 Å². The molecule has 22 heavy (non-hydrogen) atoms. The van der Waals surface area contributed by atoms with Crippen molar-refractivity contribution in [2.24, 2.45) is 0 Å². The van der Waals surface area contributed by atoms with Gasteiger partial charge < -0.3 is 5.32 Å². The molecule has 0 unspecified atom stereocenters. The molecule has 0 fully saturated rings. The Hall–Kier alpha value is -2.47. The highest BCUT2D eigenvalue weighted by Gasteiger charge is 2.08. The summed E-state index contributed by atoms with van der Waals surface area (Å²) in [4.78, 5) is 22.7. The van der Waals surface area contributed by atoms with E-state index in [2.05, 4.69) is 15.3 Å². The van der Waals surface area contributed by atoms with E-state index < -0.39 is 0 Å². The molecule has 1 amide bonds. The fourth-order valence-electron chi connectivity index (χ4n) is 2.18. The normalized spacial score (nSPS) is 11.4. The molecule has 0 bridgehead atoms. The number of aromatic nitrogens is 3. The van der Waals surface area contributed by atoms with E-state index in [1.807, 2.05) is 42.6 Å². The molecule has 3 heterocycles. The van der Waals surface area contributed by atoms with Crippen molar-refractivity contribution >= 4 is 28.3 Å². The van der Waals surface area contributed by atoms with Gasteiger partial charge in [0, 0.05) is 23.3 Å². The Morgan fingerprint density at radius 2 is 2.27 bits per heavy atom. The second kappa shape index (κ2) is 6.11. The van der Waals surface area contributed by atoms with Crippen molar-refractivity contribution in [1.29, 1.82) is 0 Å². The highest BCUT2D eigenvalue weighted by Crippen LogP contribution is 2.21. The zero-order valence-corrected chi connectivity index (χ0v) is 13.2. The molecule has 0 saturated heterocycles. The van der Waals surface area contributed by atoms with Gasteiger partial charge in [-0.05, 0) is 32.1 Å². The van der Waals surface area contributed by atoms with E-state index in [4.69, 9.17) is 0 Å². The first-order valence-corrected chi connectivity index (χ1v) is 7.76. The average Bonchev–Trinajstić information content (AvgIpc) is 2.99. The molecule has 0 spiro atoms. The maximum absolute atomic E-state index is 11.9. The predicted molar refractivity (Wildman–Crippen MR) is 87.7 cm³/mol. The summed E-state index contributed by atoms with van der Waals surface area (Å²) in [6.07, 6.45) is 7.08. The molecule has 3 rings (SSSR count). The third-order valence-corrected chi connectivity index (χ3v) is 4.12. The highest BCUT2D eigenvalue weighted by atomic mass is 32.1. The standard InChI is InChI=1S/C16H16N4OS/c1-11-10-20-14(12(2)19-16(20)22-11)6-7-15(21)18-9-13-5-3-4-8-17-13/h3-8,10H,9H2,1-2H3,(H,18,21)/b7-6-. The van der Waals surface area contributed by atoms with Crippen LogP contribution in [0.3, 0.4) is 0 Å². The van der Waals surface area contributed by atoms with Crippen LogP contribution in [0.2, 0.25) is 0 Å². The van der Waals surface area contributed by atoms with Crippen molar-refractivity contribution in [3.05, 3.63) is 58.6 Å². The average molecular weight is 312 g/mol. The Morgan fingerprint density at radius 1 is 1.41 bits per heavy atom. The molecule has 0 aliphatic heterocycles. The second-order valence-corrected chi connectivity index (χ2v) is 6.16. The molecule has 3 aromatic heterocycles. The Balaban J connectivity index is 1.69. The van der Waals surface area contributed by atoms with Crippen molar-refractivity contribution in [3.63, 3.8) is 0 Å². The number of pyridine rings is 1. The molecule has 1 N–H and O–H groups in total. The summed E-state index contributed by atoms with van der Waals surface area (Å²) in [6, 6.07) is 5.63. The van der Waals surface area contributed by atoms with Gasteiger partial charge in [-0.25, -0.2) is 4.98 Å². The zero-order valence-electron chi connectivity index (χ0n) is 12.4. The maximum atomic E-state index is 11.9. The number of hydrogen-bond acceptors (Lipinski definition) is 4.